The minimum Gasteiger partial charge on any atom is -0.508 e. The first-order chi connectivity index (χ1) is 12.5. The van der Waals surface area contributed by atoms with Gasteiger partial charge < -0.3 is 10.2 Å². The number of hydrogen-bond donors (Lipinski definition) is 2. The van der Waals surface area contributed by atoms with Crippen LogP contribution in [0.25, 0.3) is 0 Å². The molecule has 0 unspecified atom stereocenters. The number of phenolic OH excluding ortho intramolecular Hbond substituents is 1. The highest BCUT2D eigenvalue weighted by molar-refractivity contribution is 5.46. The van der Waals surface area contributed by atoms with Gasteiger partial charge in [0.05, 0.1) is 6.10 Å². The molecule has 0 aromatic heterocycles. The van der Waals surface area contributed by atoms with Crippen LogP contribution in [0.5, 0.6) is 5.75 Å². The van der Waals surface area contributed by atoms with Gasteiger partial charge in [-0.15, -0.1) is 0 Å². The number of aliphatic hydroxyl groups excluding tert-OH is 1. The number of phenols is 1. The minimum atomic E-state index is -0.119. The maximum absolute atomic E-state index is 10.4. The number of rotatable bonds is 4. The summed E-state index contributed by atoms with van der Waals surface area (Å²) in [7, 11) is 0. The fraction of sp³-hybridized carbons (Fsp3) is 0.667. The van der Waals surface area contributed by atoms with E-state index in [0.29, 0.717) is 23.0 Å². The zero-order valence-corrected chi connectivity index (χ0v) is 16.4. The highest BCUT2D eigenvalue weighted by atomic mass is 16.3. The summed E-state index contributed by atoms with van der Waals surface area (Å²) in [4.78, 5) is 0. The molecule has 0 amide bonds. The van der Waals surface area contributed by atoms with Crippen molar-refractivity contribution < 1.29 is 10.2 Å². The molecular weight excluding hydrogens is 320 g/mol. The summed E-state index contributed by atoms with van der Waals surface area (Å²) in [6, 6.07) is 6.06. The molecule has 2 fully saturated rings. The first-order valence-electron chi connectivity index (χ1n) is 10.7. The van der Waals surface area contributed by atoms with Gasteiger partial charge in [0.2, 0.25) is 0 Å². The first kappa shape index (κ1) is 18.1. The van der Waals surface area contributed by atoms with Gasteiger partial charge >= 0.3 is 0 Å². The third-order valence-corrected chi connectivity index (χ3v) is 7.83. The first-order valence-corrected chi connectivity index (χ1v) is 10.7. The van der Waals surface area contributed by atoms with Crippen molar-refractivity contribution in [1.82, 2.24) is 0 Å². The van der Waals surface area contributed by atoms with Crippen molar-refractivity contribution in [2.24, 2.45) is 17.3 Å². The number of fused-ring (bicyclic) bond motifs is 5. The monoisotopic (exact) mass is 354 g/mol. The van der Waals surface area contributed by atoms with Crippen LogP contribution in [0, 0.1) is 17.3 Å². The Kier molecular flexibility index (Phi) is 4.67. The quantitative estimate of drug-likeness (QED) is 0.553. The van der Waals surface area contributed by atoms with Crippen molar-refractivity contribution >= 4 is 0 Å². The van der Waals surface area contributed by atoms with E-state index in [1.165, 1.54) is 43.2 Å². The molecule has 0 aliphatic heterocycles. The average molecular weight is 355 g/mol. The third-order valence-electron chi connectivity index (χ3n) is 7.83. The van der Waals surface area contributed by atoms with E-state index in [1.54, 1.807) is 0 Å². The molecule has 142 valence electrons. The van der Waals surface area contributed by atoms with Crippen LogP contribution in [0.2, 0.25) is 0 Å². The van der Waals surface area contributed by atoms with E-state index in [2.05, 4.69) is 32.1 Å². The van der Waals surface area contributed by atoms with Crippen LogP contribution in [0.15, 0.2) is 30.4 Å². The van der Waals surface area contributed by atoms with Crippen molar-refractivity contribution in [2.75, 3.05) is 0 Å². The molecule has 5 atom stereocenters. The van der Waals surface area contributed by atoms with Crippen LogP contribution in [0.3, 0.4) is 0 Å². The number of allylic oxidation sites excluding steroid dienone is 2. The minimum absolute atomic E-state index is 0.100. The lowest BCUT2D eigenvalue weighted by molar-refractivity contribution is 0.0274. The molecule has 3 aliphatic carbocycles. The van der Waals surface area contributed by atoms with Gasteiger partial charge in [-0.25, -0.2) is 0 Å². The van der Waals surface area contributed by atoms with Gasteiger partial charge in [-0.1, -0.05) is 44.9 Å². The van der Waals surface area contributed by atoms with Gasteiger partial charge in [0.25, 0.3) is 0 Å². The number of hydrogen-bond acceptors (Lipinski definition) is 2. The summed E-state index contributed by atoms with van der Waals surface area (Å²) < 4.78 is 0. The van der Waals surface area contributed by atoms with Crippen LogP contribution >= 0.6 is 0 Å². The molecule has 0 radical (unpaired) electrons. The Hall–Kier alpha value is -1.28. The van der Waals surface area contributed by atoms with Crippen LogP contribution in [-0.2, 0) is 11.8 Å². The molecule has 4 rings (SSSR count). The van der Waals surface area contributed by atoms with Gasteiger partial charge in [0.15, 0.2) is 0 Å². The summed E-state index contributed by atoms with van der Waals surface area (Å²) in [6.45, 7) is 4.67. The van der Waals surface area contributed by atoms with Crippen LogP contribution in [-0.4, -0.2) is 16.3 Å². The maximum Gasteiger partial charge on any atom is 0.115 e. The normalized spacial score (nSPS) is 38.8. The maximum atomic E-state index is 10.4. The predicted octanol–water partition coefficient (Wildman–Crippen LogP) is 5.51. The van der Waals surface area contributed by atoms with Gasteiger partial charge in [0, 0.05) is 5.41 Å². The molecular formula is C24H34O2. The zero-order chi connectivity index (χ0) is 18.4. The number of aliphatic hydroxyl groups is 1. The third kappa shape index (κ3) is 2.81. The Morgan fingerprint density at radius 1 is 1.23 bits per heavy atom. The van der Waals surface area contributed by atoms with Crippen molar-refractivity contribution in [3.63, 3.8) is 0 Å². The second kappa shape index (κ2) is 6.71. The van der Waals surface area contributed by atoms with Crippen LogP contribution in [0.4, 0.5) is 0 Å². The second-order valence-corrected chi connectivity index (χ2v) is 9.43. The van der Waals surface area contributed by atoms with Crippen LogP contribution < -0.4 is 0 Å². The predicted molar refractivity (Wildman–Crippen MR) is 106 cm³/mol. The molecule has 2 heteroatoms. The molecule has 2 saturated carbocycles. The second-order valence-electron chi connectivity index (χ2n) is 9.43. The van der Waals surface area contributed by atoms with E-state index in [9.17, 15) is 10.2 Å². The lowest BCUT2D eigenvalue weighted by atomic mass is 9.48. The summed E-state index contributed by atoms with van der Waals surface area (Å²) in [5.74, 6) is 1.63. The number of unbranched alkanes of at least 4 members (excludes halogenated alkanes) is 2. The van der Waals surface area contributed by atoms with Gasteiger partial charge in [-0.2, -0.15) is 0 Å². The molecule has 0 spiro atoms. The Balaban J connectivity index is 1.76. The van der Waals surface area contributed by atoms with Gasteiger partial charge in [0.1, 0.15) is 5.75 Å². The molecule has 2 nitrogen and oxygen atoms in total. The number of aromatic hydroxyl groups is 1. The Morgan fingerprint density at radius 3 is 2.88 bits per heavy atom. The molecule has 0 bridgehead atoms. The van der Waals surface area contributed by atoms with E-state index >= 15 is 0 Å². The van der Waals surface area contributed by atoms with Crippen molar-refractivity contribution in [3.8, 4) is 5.75 Å². The molecule has 1 aromatic carbocycles. The van der Waals surface area contributed by atoms with E-state index in [-0.39, 0.29) is 11.5 Å². The van der Waals surface area contributed by atoms with Gasteiger partial charge in [-0.3, -0.25) is 0 Å². The SMILES string of the molecule is CCCCC=C[C@]12CC[C@]3(C)C[C@H](O)C[C@H]3[C@@H]1CCc1cc(O)ccc12. The fourth-order valence-electron chi connectivity index (χ4n) is 6.58. The summed E-state index contributed by atoms with van der Waals surface area (Å²) >= 11 is 0. The molecule has 0 saturated heterocycles. The highest BCUT2D eigenvalue weighted by Crippen LogP contribution is 2.63. The molecule has 3 aliphatic rings. The van der Waals surface area contributed by atoms with E-state index in [0.717, 1.165) is 25.7 Å². The highest BCUT2D eigenvalue weighted by Gasteiger charge is 2.57. The van der Waals surface area contributed by atoms with E-state index < -0.39 is 0 Å². The topological polar surface area (TPSA) is 40.5 Å². The number of benzene rings is 1. The van der Waals surface area contributed by atoms with Crippen molar-refractivity contribution in [2.45, 2.75) is 83.2 Å². The molecule has 26 heavy (non-hydrogen) atoms. The fourth-order valence-corrected chi connectivity index (χ4v) is 6.58. The lowest BCUT2D eigenvalue weighted by Crippen LogP contribution is -2.49. The smallest absolute Gasteiger partial charge is 0.115 e. The largest absolute Gasteiger partial charge is 0.508 e. The zero-order valence-electron chi connectivity index (χ0n) is 16.4. The lowest BCUT2D eigenvalue weighted by Gasteiger charge is -2.55. The van der Waals surface area contributed by atoms with Crippen molar-refractivity contribution in [1.29, 1.82) is 0 Å². The Bertz CT molecular complexity index is 693. The Labute approximate surface area is 158 Å². The van der Waals surface area contributed by atoms with E-state index in [4.69, 9.17) is 0 Å². The molecule has 1 aromatic rings. The standard InChI is InChI=1S/C24H34O2/c1-3-4-5-6-11-24-13-12-23(2)16-19(26)15-22(23)21(24)9-7-17-14-18(25)8-10-20(17)24/h6,8,10-11,14,19,21-22,25-26H,3-5,7,9,12-13,15-16H2,1-2H3/t19-,21+,22+,23-,24-/m1/s1. The summed E-state index contributed by atoms with van der Waals surface area (Å²) in [5, 5.41) is 20.4. The van der Waals surface area contributed by atoms with Crippen molar-refractivity contribution in [3.05, 3.63) is 41.5 Å². The molecule has 0 heterocycles. The van der Waals surface area contributed by atoms with Gasteiger partial charge in [-0.05, 0) is 85.5 Å². The Morgan fingerprint density at radius 2 is 2.08 bits per heavy atom. The van der Waals surface area contributed by atoms with Crippen LogP contribution in [0.1, 0.15) is 76.3 Å². The summed E-state index contributed by atoms with van der Waals surface area (Å²) in [5.41, 5.74) is 3.19. The van der Waals surface area contributed by atoms with E-state index in [1.807, 2.05) is 12.1 Å². The summed E-state index contributed by atoms with van der Waals surface area (Å²) in [6.07, 6.45) is 15.0. The number of aryl methyl sites for hydroxylation is 1. The molecule has 2 N–H and O–H groups in total. The average Bonchev–Trinajstić information content (AvgIpc) is 2.92.